The van der Waals surface area contributed by atoms with Crippen molar-refractivity contribution in [3.63, 3.8) is 0 Å². The van der Waals surface area contributed by atoms with Crippen molar-refractivity contribution in [1.82, 2.24) is 4.90 Å². The van der Waals surface area contributed by atoms with Gasteiger partial charge in [-0.05, 0) is 30.5 Å². The highest BCUT2D eigenvalue weighted by Crippen LogP contribution is 2.24. The van der Waals surface area contributed by atoms with E-state index in [9.17, 15) is 14.4 Å². The Labute approximate surface area is 149 Å². The highest BCUT2D eigenvalue weighted by molar-refractivity contribution is 7.14. The largest absolute Gasteiger partial charge is 0.465 e. The Morgan fingerprint density at radius 3 is 2.68 bits per heavy atom. The number of carbonyl (C=O) groups is 3. The molecule has 1 atom stereocenters. The van der Waals surface area contributed by atoms with Crippen LogP contribution in [0.15, 0.2) is 35.7 Å². The minimum absolute atomic E-state index is 0.0536. The highest BCUT2D eigenvalue weighted by atomic mass is 32.1. The van der Waals surface area contributed by atoms with Gasteiger partial charge in [-0.25, -0.2) is 4.79 Å². The summed E-state index contributed by atoms with van der Waals surface area (Å²) >= 11 is 1.17. The van der Waals surface area contributed by atoms with E-state index in [2.05, 4.69) is 10.1 Å². The molecule has 1 aliphatic heterocycles. The van der Waals surface area contributed by atoms with Crippen LogP contribution in [-0.2, 0) is 27.3 Å². The number of anilines is 1. The fourth-order valence-corrected chi connectivity index (χ4v) is 3.64. The van der Waals surface area contributed by atoms with Crippen molar-refractivity contribution >= 4 is 34.1 Å². The molecule has 1 N–H and O–H groups in total. The standard InChI is InChI=1S/C18H18N2O4S/c1-11-7-12-5-3-4-6-13(12)9-20(11)17(22)16(21)19-15-8-14(10-25-15)18(23)24-2/h3-6,8,10-11H,7,9H2,1-2H3,(H,19,21). The van der Waals surface area contributed by atoms with E-state index in [1.54, 1.807) is 10.3 Å². The van der Waals surface area contributed by atoms with E-state index in [4.69, 9.17) is 0 Å². The van der Waals surface area contributed by atoms with Gasteiger partial charge in [0, 0.05) is 18.0 Å². The summed E-state index contributed by atoms with van der Waals surface area (Å²) in [5.41, 5.74) is 2.61. The van der Waals surface area contributed by atoms with E-state index in [0.717, 1.165) is 12.0 Å². The van der Waals surface area contributed by atoms with Crippen molar-refractivity contribution in [3.05, 3.63) is 52.4 Å². The van der Waals surface area contributed by atoms with Gasteiger partial charge in [-0.15, -0.1) is 11.3 Å². The van der Waals surface area contributed by atoms with Gasteiger partial charge in [-0.2, -0.15) is 0 Å². The fraction of sp³-hybridized carbons (Fsp3) is 0.278. The number of ether oxygens (including phenoxy) is 1. The van der Waals surface area contributed by atoms with Crippen LogP contribution in [0.2, 0.25) is 0 Å². The number of nitrogens with zero attached hydrogens (tertiary/aromatic N) is 1. The maximum absolute atomic E-state index is 12.5. The first-order valence-corrected chi connectivity index (χ1v) is 8.73. The minimum atomic E-state index is -0.704. The molecule has 0 radical (unpaired) electrons. The molecule has 25 heavy (non-hydrogen) atoms. The first-order valence-electron chi connectivity index (χ1n) is 7.85. The van der Waals surface area contributed by atoms with Crippen LogP contribution in [-0.4, -0.2) is 35.8 Å². The molecule has 0 saturated carbocycles. The number of methoxy groups -OCH3 is 1. The van der Waals surface area contributed by atoms with Gasteiger partial charge in [-0.1, -0.05) is 24.3 Å². The SMILES string of the molecule is COC(=O)c1csc(NC(=O)C(=O)N2Cc3ccccc3CC2C)c1. The van der Waals surface area contributed by atoms with Gasteiger partial charge in [-0.3, -0.25) is 9.59 Å². The lowest BCUT2D eigenvalue weighted by molar-refractivity contribution is -0.145. The smallest absolute Gasteiger partial charge is 0.338 e. The molecule has 2 heterocycles. The van der Waals surface area contributed by atoms with Crippen LogP contribution in [0, 0.1) is 0 Å². The van der Waals surface area contributed by atoms with Crippen molar-refractivity contribution in [2.75, 3.05) is 12.4 Å². The topological polar surface area (TPSA) is 75.7 Å². The van der Waals surface area contributed by atoms with Crippen LogP contribution < -0.4 is 5.32 Å². The summed E-state index contributed by atoms with van der Waals surface area (Å²) in [4.78, 5) is 37.9. The maximum atomic E-state index is 12.5. The third-order valence-electron chi connectivity index (χ3n) is 4.22. The lowest BCUT2D eigenvalue weighted by Crippen LogP contribution is -2.47. The Kier molecular flexibility index (Phi) is 4.85. The number of amides is 2. The van der Waals surface area contributed by atoms with E-state index in [1.165, 1.54) is 30.1 Å². The van der Waals surface area contributed by atoms with Crippen molar-refractivity contribution in [1.29, 1.82) is 0 Å². The molecule has 0 fully saturated rings. The third kappa shape index (κ3) is 3.56. The van der Waals surface area contributed by atoms with Gasteiger partial charge >= 0.3 is 17.8 Å². The van der Waals surface area contributed by atoms with E-state index in [0.29, 0.717) is 17.1 Å². The van der Waals surface area contributed by atoms with Crippen LogP contribution >= 0.6 is 11.3 Å². The van der Waals surface area contributed by atoms with Gasteiger partial charge in [0.2, 0.25) is 0 Å². The lowest BCUT2D eigenvalue weighted by atomic mass is 9.95. The van der Waals surface area contributed by atoms with Crippen molar-refractivity contribution < 1.29 is 19.1 Å². The molecule has 0 bridgehead atoms. The number of hydrogen-bond donors (Lipinski definition) is 1. The molecule has 1 unspecified atom stereocenters. The summed E-state index contributed by atoms with van der Waals surface area (Å²) in [5.74, 6) is -1.76. The molecular weight excluding hydrogens is 340 g/mol. The van der Waals surface area contributed by atoms with Gasteiger partial charge in [0.05, 0.1) is 17.7 Å². The van der Waals surface area contributed by atoms with Crippen LogP contribution in [0.5, 0.6) is 0 Å². The molecule has 2 aromatic rings. The molecule has 0 spiro atoms. The highest BCUT2D eigenvalue weighted by Gasteiger charge is 2.30. The molecular formula is C18H18N2O4S. The fourth-order valence-electron chi connectivity index (χ4n) is 2.87. The van der Waals surface area contributed by atoms with Gasteiger partial charge in [0.1, 0.15) is 0 Å². The number of nitrogens with one attached hydrogen (secondary N) is 1. The second-order valence-corrected chi connectivity index (χ2v) is 6.81. The predicted octanol–water partition coefficient (Wildman–Crippen LogP) is 2.45. The predicted molar refractivity (Wildman–Crippen MR) is 94.4 cm³/mol. The minimum Gasteiger partial charge on any atom is -0.465 e. The molecule has 7 heteroatoms. The van der Waals surface area contributed by atoms with E-state index < -0.39 is 17.8 Å². The zero-order valence-corrected chi connectivity index (χ0v) is 14.8. The third-order valence-corrected chi connectivity index (χ3v) is 5.06. The normalized spacial score (nSPS) is 16.1. The van der Waals surface area contributed by atoms with Gasteiger partial charge < -0.3 is 15.0 Å². The first-order chi connectivity index (χ1) is 12.0. The molecule has 3 rings (SSSR count). The molecule has 1 aromatic heterocycles. The summed E-state index contributed by atoms with van der Waals surface area (Å²) in [6.45, 7) is 2.35. The van der Waals surface area contributed by atoms with E-state index >= 15 is 0 Å². The van der Waals surface area contributed by atoms with Gasteiger partial charge in [0.15, 0.2) is 0 Å². The summed E-state index contributed by atoms with van der Waals surface area (Å²) in [6, 6.07) is 9.37. The average molecular weight is 358 g/mol. The van der Waals surface area contributed by atoms with E-state index in [-0.39, 0.29) is 6.04 Å². The Morgan fingerprint density at radius 1 is 1.24 bits per heavy atom. The molecule has 130 valence electrons. The number of carbonyl (C=O) groups excluding carboxylic acids is 3. The number of fused-ring (bicyclic) bond motifs is 1. The van der Waals surface area contributed by atoms with Crippen LogP contribution in [0.4, 0.5) is 5.00 Å². The second-order valence-electron chi connectivity index (χ2n) is 5.90. The summed E-state index contributed by atoms with van der Waals surface area (Å²) in [6.07, 6.45) is 0.723. The van der Waals surface area contributed by atoms with Crippen LogP contribution in [0.3, 0.4) is 0 Å². The van der Waals surface area contributed by atoms with Crippen molar-refractivity contribution in [2.45, 2.75) is 25.9 Å². The van der Waals surface area contributed by atoms with Gasteiger partial charge in [0.25, 0.3) is 0 Å². The molecule has 0 saturated heterocycles. The number of thiophene rings is 1. The Hall–Kier alpha value is -2.67. The van der Waals surface area contributed by atoms with Crippen LogP contribution in [0.25, 0.3) is 0 Å². The summed E-state index contributed by atoms with van der Waals surface area (Å²) < 4.78 is 4.62. The summed E-state index contributed by atoms with van der Waals surface area (Å²) in [7, 11) is 1.29. The molecule has 1 aromatic carbocycles. The first kappa shape index (κ1) is 17.2. The number of esters is 1. The van der Waals surface area contributed by atoms with E-state index in [1.807, 2.05) is 31.2 Å². The molecule has 1 aliphatic rings. The zero-order valence-electron chi connectivity index (χ0n) is 13.9. The lowest BCUT2D eigenvalue weighted by Gasteiger charge is -2.34. The Morgan fingerprint density at radius 2 is 1.96 bits per heavy atom. The number of benzene rings is 1. The zero-order chi connectivity index (χ0) is 18.0. The van der Waals surface area contributed by atoms with Crippen molar-refractivity contribution in [3.8, 4) is 0 Å². The summed E-state index contributed by atoms with van der Waals surface area (Å²) in [5, 5.41) is 4.57. The average Bonchev–Trinajstić information content (AvgIpc) is 3.08. The Balaban J connectivity index is 1.69. The molecule has 6 nitrogen and oxygen atoms in total. The van der Waals surface area contributed by atoms with Crippen LogP contribution in [0.1, 0.15) is 28.4 Å². The molecule has 2 amide bonds. The number of rotatable bonds is 2. The molecule has 0 aliphatic carbocycles. The van der Waals surface area contributed by atoms with Crippen molar-refractivity contribution in [2.24, 2.45) is 0 Å². The second kappa shape index (κ2) is 7.06. The quantitative estimate of drug-likeness (QED) is 0.661. The maximum Gasteiger partial charge on any atom is 0.338 e. The number of hydrogen-bond acceptors (Lipinski definition) is 5. The monoisotopic (exact) mass is 358 g/mol. The Bertz CT molecular complexity index is 830.